The molecular formula is C15H25N7O2S. The van der Waals surface area contributed by atoms with Crippen molar-refractivity contribution in [1.82, 2.24) is 23.6 Å². The molecule has 2 aromatic heterocycles. The molecule has 1 atom stereocenters. The number of rotatable bonds is 9. The maximum Gasteiger partial charge on any atom is 0.232 e. The molecule has 3 rings (SSSR count). The summed E-state index contributed by atoms with van der Waals surface area (Å²) >= 11 is -1.52. The van der Waals surface area contributed by atoms with Crippen molar-refractivity contribution in [2.45, 2.75) is 32.2 Å². The van der Waals surface area contributed by atoms with Gasteiger partial charge in [0.05, 0.1) is 12.4 Å². The van der Waals surface area contributed by atoms with Crippen LogP contribution in [-0.4, -0.2) is 61.4 Å². The highest BCUT2D eigenvalue weighted by atomic mass is 32.2. The molecule has 1 fully saturated rings. The first-order valence-corrected chi connectivity index (χ1v) is 9.71. The van der Waals surface area contributed by atoms with Gasteiger partial charge in [-0.05, 0) is 25.9 Å². The monoisotopic (exact) mass is 367 g/mol. The van der Waals surface area contributed by atoms with Gasteiger partial charge >= 0.3 is 0 Å². The van der Waals surface area contributed by atoms with Gasteiger partial charge in [-0.2, -0.15) is 0 Å². The van der Waals surface area contributed by atoms with Crippen LogP contribution in [0, 0.1) is 0 Å². The molecule has 1 unspecified atom stereocenters. The van der Waals surface area contributed by atoms with E-state index >= 15 is 0 Å². The zero-order valence-corrected chi connectivity index (χ0v) is 15.3. The number of nitrogens with zero attached hydrogens (tertiary/aromatic N) is 5. The second-order valence-corrected chi connectivity index (χ2v) is 6.89. The van der Waals surface area contributed by atoms with E-state index in [4.69, 9.17) is 4.84 Å². The van der Waals surface area contributed by atoms with Crippen molar-refractivity contribution in [1.29, 1.82) is 0 Å². The summed E-state index contributed by atoms with van der Waals surface area (Å²) in [7, 11) is 1.72. The number of piperidine rings is 1. The third-order valence-corrected chi connectivity index (χ3v) is 4.78. The Hall–Kier alpha value is -1.91. The summed E-state index contributed by atoms with van der Waals surface area (Å²) in [6.45, 7) is 4.46. The zero-order valence-electron chi connectivity index (χ0n) is 14.5. The predicted octanol–water partition coefficient (Wildman–Crippen LogP) is 1.36. The molecule has 1 aliphatic rings. The van der Waals surface area contributed by atoms with Crippen molar-refractivity contribution in [2.75, 3.05) is 43.9 Å². The number of hydrogen-bond acceptors (Lipinski definition) is 8. The fraction of sp³-hybridized carbons (Fsp3) is 0.667. The topological polar surface area (TPSA) is 103 Å². The molecule has 0 spiro atoms. The van der Waals surface area contributed by atoms with Crippen molar-refractivity contribution in [3.05, 3.63) is 18.0 Å². The van der Waals surface area contributed by atoms with Crippen LogP contribution in [0.15, 0.2) is 12.4 Å². The Kier molecular flexibility index (Phi) is 6.42. The van der Waals surface area contributed by atoms with E-state index in [0.717, 1.165) is 13.0 Å². The third-order valence-electron chi connectivity index (χ3n) is 4.11. The largest absolute Gasteiger partial charge is 0.546 e. The Labute approximate surface area is 150 Å². The summed E-state index contributed by atoms with van der Waals surface area (Å²) in [5, 5.41) is 10.2. The number of likely N-dealkylation sites (tertiary alicyclic amines) is 1. The Morgan fingerprint density at radius 3 is 2.84 bits per heavy atom. The lowest BCUT2D eigenvalue weighted by Gasteiger charge is -2.25. The standard InChI is InChI=1S/C15H25N7O2S/c1-16-14-15(20-25(23)19-14)17-6-5-9-24-22-12-13(10-18-22)11-21-7-3-2-4-8-21/h10,12H,2-9,11H2,1H3,(H,16,19)(H,17,20). The van der Waals surface area contributed by atoms with Gasteiger partial charge in [0.2, 0.25) is 11.6 Å². The van der Waals surface area contributed by atoms with Crippen molar-refractivity contribution >= 4 is 22.8 Å². The molecule has 138 valence electrons. The average Bonchev–Trinajstić information content (AvgIpc) is 3.21. The molecule has 2 N–H and O–H groups in total. The molecule has 9 nitrogen and oxygen atoms in total. The molecule has 25 heavy (non-hydrogen) atoms. The molecule has 0 bridgehead atoms. The first-order chi connectivity index (χ1) is 12.2. The summed E-state index contributed by atoms with van der Waals surface area (Å²) in [6, 6.07) is 0. The van der Waals surface area contributed by atoms with E-state index in [0.29, 0.717) is 24.8 Å². The van der Waals surface area contributed by atoms with Crippen LogP contribution in [0.25, 0.3) is 0 Å². The molecule has 3 heterocycles. The number of nitrogens with one attached hydrogen (secondary N) is 2. The number of hydrogen-bond donors (Lipinski definition) is 2. The van der Waals surface area contributed by atoms with Crippen LogP contribution < -0.4 is 15.5 Å². The van der Waals surface area contributed by atoms with Crippen LogP contribution in [0.3, 0.4) is 0 Å². The van der Waals surface area contributed by atoms with Crippen molar-refractivity contribution in [3.63, 3.8) is 0 Å². The van der Waals surface area contributed by atoms with Gasteiger partial charge in [0, 0.05) is 40.9 Å². The van der Waals surface area contributed by atoms with E-state index in [-0.39, 0.29) is 0 Å². The first kappa shape index (κ1) is 17.9. The summed E-state index contributed by atoms with van der Waals surface area (Å²) in [6.07, 6.45) is 8.50. The highest BCUT2D eigenvalue weighted by Crippen LogP contribution is 2.21. The Morgan fingerprint density at radius 1 is 1.24 bits per heavy atom. The van der Waals surface area contributed by atoms with Gasteiger partial charge in [-0.15, -0.1) is 9.94 Å². The van der Waals surface area contributed by atoms with E-state index in [9.17, 15) is 4.55 Å². The third kappa shape index (κ3) is 5.28. The van der Waals surface area contributed by atoms with Gasteiger partial charge in [-0.25, -0.2) is 0 Å². The maximum atomic E-state index is 11.3. The van der Waals surface area contributed by atoms with Crippen LogP contribution in [0.2, 0.25) is 0 Å². The lowest BCUT2D eigenvalue weighted by Crippen LogP contribution is -2.28. The average molecular weight is 367 g/mol. The summed E-state index contributed by atoms with van der Waals surface area (Å²) in [5.41, 5.74) is 1.18. The van der Waals surface area contributed by atoms with Gasteiger partial charge in [0.25, 0.3) is 0 Å². The van der Waals surface area contributed by atoms with Crippen LogP contribution >= 0.6 is 11.1 Å². The lowest BCUT2D eigenvalue weighted by atomic mass is 10.1. The van der Waals surface area contributed by atoms with Gasteiger partial charge in [0.1, 0.15) is 6.61 Å². The van der Waals surface area contributed by atoms with Crippen molar-refractivity contribution in [2.24, 2.45) is 0 Å². The van der Waals surface area contributed by atoms with E-state index in [1.54, 1.807) is 7.05 Å². The Bertz CT molecular complexity index is 654. The van der Waals surface area contributed by atoms with Crippen LogP contribution in [0.4, 0.5) is 11.6 Å². The summed E-state index contributed by atoms with van der Waals surface area (Å²) < 4.78 is 19.0. The number of aromatic nitrogens is 4. The molecule has 0 aromatic carbocycles. The quantitative estimate of drug-likeness (QED) is 0.506. The van der Waals surface area contributed by atoms with Crippen molar-refractivity contribution < 1.29 is 9.39 Å². The minimum absolute atomic E-state index is 0.522. The molecule has 0 saturated carbocycles. The molecule has 2 aromatic rings. The molecule has 1 saturated heterocycles. The summed E-state index contributed by atoms with van der Waals surface area (Å²) in [4.78, 5) is 9.61. The lowest BCUT2D eigenvalue weighted by molar-refractivity contribution is 0.0818. The van der Waals surface area contributed by atoms with Crippen molar-refractivity contribution in [3.8, 4) is 0 Å². The highest BCUT2D eigenvalue weighted by molar-refractivity contribution is 7.14. The van der Waals surface area contributed by atoms with Gasteiger partial charge in [-0.3, -0.25) is 4.90 Å². The van der Waals surface area contributed by atoms with Gasteiger partial charge in [0.15, 0.2) is 11.1 Å². The molecule has 0 aliphatic carbocycles. The minimum Gasteiger partial charge on any atom is -0.546 e. The SMILES string of the molecule is CNc1n[s+]([O-])nc1NCCCOn1cc(CN2CCCCC2)cn1. The van der Waals surface area contributed by atoms with Crippen LogP contribution in [-0.2, 0) is 6.54 Å². The van der Waals surface area contributed by atoms with Crippen LogP contribution in [0.1, 0.15) is 31.2 Å². The smallest absolute Gasteiger partial charge is 0.232 e. The molecule has 0 amide bonds. The summed E-state index contributed by atoms with van der Waals surface area (Å²) in [5.74, 6) is 1.05. The molecule has 0 radical (unpaired) electrons. The van der Waals surface area contributed by atoms with Crippen LogP contribution in [0.5, 0.6) is 0 Å². The fourth-order valence-electron chi connectivity index (χ4n) is 2.85. The normalized spacial score (nSPS) is 16.0. The fourth-order valence-corrected chi connectivity index (χ4v) is 3.53. The Morgan fingerprint density at radius 2 is 2.04 bits per heavy atom. The van der Waals surface area contributed by atoms with E-state index in [2.05, 4.69) is 29.4 Å². The molecular weight excluding hydrogens is 342 g/mol. The zero-order chi connectivity index (χ0) is 17.5. The first-order valence-electron chi connectivity index (χ1n) is 8.65. The highest BCUT2D eigenvalue weighted by Gasteiger charge is 2.13. The van der Waals surface area contributed by atoms with E-state index < -0.39 is 11.1 Å². The number of anilines is 2. The van der Waals surface area contributed by atoms with Gasteiger partial charge < -0.3 is 20.0 Å². The van der Waals surface area contributed by atoms with Gasteiger partial charge in [-0.1, -0.05) is 6.42 Å². The predicted molar refractivity (Wildman–Crippen MR) is 96.1 cm³/mol. The molecule has 10 heteroatoms. The second-order valence-electron chi connectivity index (χ2n) is 6.06. The Balaban J connectivity index is 1.35. The van der Waals surface area contributed by atoms with E-state index in [1.807, 2.05) is 12.4 Å². The minimum atomic E-state index is -1.52. The maximum absolute atomic E-state index is 11.3. The molecule has 1 aliphatic heterocycles. The second kappa shape index (κ2) is 8.97. The van der Waals surface area contributed by atoms with E-state index in [1.165, 1.54) is 42.8 Å².